The van der Waals surface area contributed by atoms with Crippen LogP contribution in [0.3, 0.4) is 0 Å². The van der Waals surface area contributed by atoms with Crippen LogP contribution in [0.4, 0.5) is 17.1 Å². The topological polar surface area (TPSA) is 90.9 Å². The summed E-state index contributed by atoms with van der Waals surface area (Å²) in [5, 5.41) is 5.78. The number of rotatable bonds is 8. The molecule has 0 bridgehead atoms. The summed E-state index contributed by atoms with van der Waals surface area (Å²) >= 11 is 0. The maximum Gasteiger partial charge on any atom is 0.255 e. The first kappa shape index (κ1) is 27.3. The van der Waals surface area contributed by atoms with Crippen LogP contribution in [-0.4, -0.2) is 41.8 Å². The Kier molecular flexibility index (Phi) is 7.75. The highest BCUT2D eigenvalue weighted by atomic mass is 16.2. The zero-order valence-electron chi connectivity index (χ0n) is 23.5. The molecule has 1 fully saturated rings. The molecule has 210 valence electrons. The third-order valence-corrected chi connectivity index (χ3v) is 7.88. The van der Waals surface area contributed by atoms with Gasteiger partial charge >= 0.3 is 0 Å². The predicted molar refractivity (Wildman–Crippen MR) is 166 cm³/mol. The van der Waals surface area contributed by atoms with Crippen LogP contribution in [0.15, 0.2) is 96.0 Å². The number of anilines is 2. The van der Waals surface area contributed by atoms with Gasteiger partial charge in [-0.15, -0.1) is 0 Å². The third kappa shape index (κ3) is 5.92. The summed E-state index contributed by atoms with van der Waals surface area (Å²) in [6.07, 6.45) is 4.20. The molecule has 2 N–H and O–H groups in total. The zero-order chi connectivity index (χ0) is 29.1. The number of nitrogens with one attached hydrogen (secondary N) is 2. The van der Waals surface area contributed by atoms with Crippen LogP contribution in [-0.2, 0) is 11.3 Å². The molecule has 0 spiro atoms. The highest BCUT2D eigenvalue weighted by molar-refractivity contribution is 6.15. The molecule has 1 saturated heterocycles. The van der Waals surface area contributed by atoms with E-state index in [9.17, 15) is 14.4 Å². The van der Waals surface area contributed by atoms with E-state index in [1.165, 1.54) is 18.4 Å². The number of aliphatic imine (C=N–C) groups is 1. The molecule has 0 aromatic heterocycles. The molecule has 2 amide bonds. The first-order chi connectivity index (χ1) is 20.4. The van der Waals surface area contributed by atoms with Gasteiger partial charge in [-0.2, -0.15) is 0 Å². The molecule has 2 heterocycles. The van der Waals surface area contributed by atoms with E-state index in [1.54, 1.807) is 54.7 Å². The van der Waals surface area contributed by atoms with Crippen LogP contribution in [0.1, 0.15) is 61.7 Å². The minimum atomic E-state index is -0.534. The standard InChI is InChI=1S/C35H32N4O3/c1-23-7-2-3-10-29(23)34(41)37-28-9-6-8-25(19-28)33(40)26-13-16-30-31(35(42)38-32(30)20-26)21-36-27-14-11-24(12-15-27)22-39-17-4-5-18-39/h2-3,6-16,19-21,31H,4-5,17-18,22H2,1H3,(H,37,41)(H,38,42). The van der Waals surface area contributed by atoms with E-state index in [0.29, 0.717) is 28.1 Å². The van der Waals surface area contributed by atoms with Crippen molar-refractivity contribution < 1.29 is 14.4 Å². The van der Waals surface area contributed by atoms with Gasteiger partial charge in [-0.3, -0.25) is 24.3 Å². The monoisotopic (exact) mass is 556 g/mol. The van der Waals surface area contributed by atoms with Gasteiger partial charge in [0.15, 0.2) is 5.78 Å². The van der Waals surface area contributed by atoms with Gasteiger partial charge < -0.3 is 10.6 Å². The summed E-state index contributed by atoms with van der Waals surface area (Å²) < 4.78 is 0. The second kappa shape index (κ2) is 11.9. The van der Waals surface area contributed by atoms with Crippen LogP contribution in [0.5, 0.6) is 0 Å². The Morgan fingerprint density at radius 2 is 1.69 bits per heavy atom. The number of likely N-dealkylation sites (tertiary alicyclic amines) is 1. The molecule has 42 heavy (non-hydrogen) atoms. The van der Waals surface area contributed by atoms with Crippen molar-refractivity contribution in [2.45, 2.75) is 32.2 Å². The van der Waals surface area contributed by atoms with Gasteiger partial charge in [-0.25, -0.2) is 0 Å². The quantitative estimate of drug-likeness (QED) is 0.191. The molecular formula is C35H32N4O3. The number of benzene rings is 4. The molecule has 4 aromatic carbocycles. The second-order valence-electron chi connectivity index (χ2n) is 10.9. The van der Waals surface area contributed by atoms with Crippen LogP contribution in [0, 0.1) is 6.92 Å². The smallest absolute Gasteiger partial charge is 0.255 e. The first-order valence-corrected chi connectivity index (χ1v) is 14.3. The summed E-state index contributed by atoms with van der Waals surface area (Å²) in [6, 6.07) is 27.6. The molecule has 0 saturated carbocycles. The van der Waals surface area contributed by atoms with Crippen LogP contribution < -0.4 is 10.6 Å². The summed E-state index contributed by atoms with van der Waals surface area (Å²) in [5.41, 5.74) is 6.31. The zero-order valence-corrected chi connectivity index (χ0v) is 23.5. The highest BCUT2D eigenvalue weighted by Gasteiger charge is 2.30. The summed E-state index contributed by atoms with van der Waals surface area (Å²) in [4.78, 5) is 46.0. The molecule has 6 rings (SSSR count). The van der Waals surface area contributed by atoms with Crippen molar-refractivity contribution in [2.24, 2.45) is 4.99 Å². The fourth-order valence-corrected chi connectivity index (χ4v) is 5.55. The van der Waals surface area contributed by atoms with E-state index >= 15 is 0 Å². The van der Waals surface area contributed by atoms with Crippen molar-refractivity contribution in [3.8, 4) is 0 Å². The number of hydrogen-bond donors (Lipinski definition) is 2. The Hall–Kier alpha value is -4.88. The van der Waals surface area contributed by atoms with Gasteiger partial charge in [0.25, 0.3) is 5.91 Å². The lowest BCUT2D eigenvalue weighted by atomic mass is 9.97. The lowest BCUT2D eigenvalue weighted by molar-refractivity contribution is -0.115. The van der Waals surface area contributed by atoms with Crippen molar-refractivity contribution in [1.29, 1.82) is 0 Å². The molecule has 4 aromatic rings. The molecule has 0 aliphatic carbocycles. The normalized spacial score (nSPS) is 16.4. The molecular weight excluding hydrogens is 524 g/mol. The van der Waals surface area contributed by atoms with Crippen LogP contribution >= 0.6 is 0 Å². The van der Waals surface area contributed by atoms with E-state index in [-0.39, 0.29) is 17.6 Å². The summed E-state index contributed by atoms with van der Waals surface area (Å²) in [5.74, 6) is -1.15. The van der Waals surface area contributed by atoms with Crippen molar-refractivity contribution in [1.82, 2.24) is 4.90 Å². The molecule has 2 aliphatic rings. The lowest BCUT2D eigenvalue weighted by Gasteiger charge is -2.14. The van der Waals surface area contributed by atoms with Gasteiger partial charge in [0.1, 0.15) is 5.92 Å². The minimum absolute atomic E-state index is 0.176. The van der Waals surface area contributed by atoms with Crippen LogP contribution in [0.2, 0.25) is 0 Å². The van der Waals surface area contributed by atoms with Crippen LogP contribution in [0.25, 0.3) is 0 Å². The van der Waals surface area contributed by atoms with Crippen molar-refractivity contribution in [3.63, 3.8) is 0 Å². The highest BCUT2D eigenvalue weighted by Crippen LogP contribution is 2.33. The molecule has 0 radical (unpaired) electrons. The number of nitrogens with zero attached hydrogens (tertiary/aromatic N) is 2. The van der Waals surface area contributed by atoms with E-state index in [4.69, 9.17) is 0 Å². The van der Waals surface area contributed by atoms with Crippen molar-refractivity contribution >= 4 is 40.9 Å². The van der Waals surface area contributed by atoms with E-state index < -0.39 is 5.92 Å². The Balaban J connectivity index is 1.14. The number of ketones is 1. The fourth-order valence-electron chi connectivity index (χ4n) is 5.55. The number of fused-ring (bicyclic) bond motifs is 1. The number of hydrogen-bond acceptors (Lipinski definition) is 5. The summed E-state index contributed by atoms with van der Waals surface area (Å²) in [7, 11) is 0. The Morgan fingerprint density at radius 1 is 0.929 bits per heavy atom. The largest absolute Gasteiger partial charge is 0.325 e. The Labute approximate surface area is 245 Å². The lowest BCUT2D eigenvalue weighted by Crippen LogP contribution is -2.18. The van der Waals surface area contributed by atoms with Gasteiger partial charge in [-0.05, 0) is 85.9 Å². The summed E-state index contributed by atoms with van der Waals surface area (Å²) in [6.45, 7) is 5.14. The van der Waals surface area contributed by atoms with E-state index in [0.717, 1.165) is 36.4 Å². The molecule has 1 atom stereocenters. The average Bonchev–Trinajstić information content (AvgIpc) is 3.63. The fraction of sp³-hybridized carbons (Fsp3) is 0.200. The number of carbonyl (C=O) groups excluding carboxylic acids is 3. The predicted octanol–water partition coefficient (Wildman–Crippen LogP) is 6.51. The van der Waals surface area contributed by atoms with Crippen molar-refractivity contribution in [2.75, 3.05) is 23.7 Å². The van der Waals surface area contributed by atoms with Gasteiger partial charge in [-0.1, -0.05) is 54.6 Å². The second-order valence-corrected chi connectivity index (χ2v) is 10.9. The first-order valence-electron chi connectivity index (χ1n) is 14.3. The Morgan fingerprint density at radius 3 is 2.48 bits per heavy atom. The van der Waals surface area contributed by atoms with E-state index in [1.807, 2.05) is 37.3 Å². The molecule has 7 heteroatoms. The van der Waals surface area contributed by atoms with Gasteiger partial charge in [0.05, 0.1) is 5.69 Å². The van der Waals surface area contributed by atoms with E-state index in [2.05, 4.69) is 32.7 Å². The number of amides is 2. The number of carbonyl (C=O) groups is 3. The maximum absolute atomic E-state index is 13.4. The molecule has 7 nitrogen and oxygen atoms in total. The Bertz CT molecular complexity index is 1690. The average molecular weight is 557 g/mol. The number of aryl methyl sites for hydroxylation is 1. The molecule has 1 unspecified atom stereocenters. The minimum Gasteiger partial charge on any atom is -0.325 e. The van der Waals surface area contributed by atoms with Gasteiger partial charge in [0.2, 0.25) is 5.91 Å². The SMILES string of the molecule is Cc1ccccc1C(=O)Nc1cccc(C(=O)c2ccc3c(c2)NC(=O)C3C=Nc2ccc(CN3CCCC3)cc2)c1. The maximum atomic E-state index is 13.4. The van der Waals surface area contributed by atoms with Crippen molar-refractivity contribution in [3.05, 3.63) is 124 Å². The third-order valence-electron chi connectivity index (χ3n) is 7.88. The van der Waals surface area contributed by atoms with Gasteiger partial charge in [0, 0.05) is 40.8 Å². The molecule has 2 aliphatic heterocycles.